The maximum absolute atomic E-state index is 5.80. The first kappa shape index (κ1) is 19.4. The molecular weight excluding hydrogens is 404 g/mol. The van der Waals surface area contributed by atoms with Gasteiger partial charge in [-0.05, 0) is 67.7 Å². The molecular formula is C24H22N6S. The summed E-state index contributed by atoms with van der Waals surface area (Å²) >= 11 is 5.80. The molecule has 7 heteroatoms. The van der Waals surface area contributed by atoms with E-state index in [-0.39, 0.29) is 12.1 Å². The molecule has 31 heavy (non-hydrogen) atoms. The van der Waals surface area contributed by atoms with Gasteiger partial charge in [0.25, 0.3) is 0 Å². The third-order valence-electron chi connectivity index (χ3n) is 5.57. The Morgan fingerprint density at radius 3 is 2.48 bits per heavy atom. The van der Waals surface area contributed by atoms with Gasteiger partial charge in [0.15, 0.2) is 5.11 Å². The molecule has 0 aromatic carbocycles. The third kappa shape index (κ3) is 3.68. The summed E-state index contributed by atoms with van der Waals surface area (Å²) in [7, 11) is 0. The number of pyridine rings is 3. The van der Waals surface area contributed by atoms with Crippen LogP contribution in [0.25, 0.3) is 5.69 Å². The first-order valence-electron chi connectivity index (χ1n) is 10.2. The van der Waals surface area contributed by atoms with Crippen molar-refractivity contribution in [2.45, 2.75) is 25.6 Å². The second-order valence-corrected chi connectivity index (χ2v) is 7.91. The van der Waals surface area contributed by atoms with Gasteiger partial charge in [-0.2, -0.15) is 0 Å². The van der Waals surface area contributed by atoms with Gasteiger partial charge in [0.2, 0.25) is 0 Å². The standard InChI is InChI=1S/C24H22N6S/c1-17-10-11-21(30(17)19-8-6-12-25-15-19)23-22(20-9-3-5-14-27-20)28-24(31)29(23)16-18-7-2-4-13-26-18/h2-15,22-23H,16H2,1H3,(H,28,31). The number of nitrogens with zero attached hydrogens (tertiary/aromatic N) is 5. The second kappa shape index (κ2) is 8.28. The number of aromatic nitrogens is 4. The van der Waals surface area contributed by atoms with Gasteiger partial charge in [0.05, 0.1) is 41.9 Å². The molecule has 0 spiro atoms. The van der Waals surface area contributed by atoms with Crippen LogP contribution in [0.15, 0.2) is 85.5 Å². The number of hydrogen-bond donors (Lipinski definition) is 1. The van der Waals surface area contributed by atoms with Crippen molar-refractivity contribution in [1.29, 1.82) is 0 Å². The molecule has 4 aromatic heterocycles. The molecule has 0 saturated carbocycles. The third-order valence-corrected chi connectivity index (χ3v) is 5.92. The summed E-state index contributed by atoms with van der Waals surface area (Å²) in [5, 5.41) is 4.21. The summed E-state index contributed by atoms with van der Waals surface area (Å²) in [5.41, 5.74) is 5.21. The quantitative estimate of drug-likeness (QED) is 0.484. The summed E-state index contributed by atoms with van der Waals surface area (Å²) < 4.78 is 2.24. The van der Waals surface area contributed by atoms with Crippen LogP contribution in [0.2, 0.25) is 0 Å². The highest BCUT2D eigenvalue weighted by atomic mass is 32.1. The summed E-state index contributed by atoms with van der Waals surface area (Å²) in [5.74, 6) is 0. The molecule has 6 nitrogen and oxygen atoms in total. The lowest BCUT2D eigenvalue weighted by atomic mass is 10.0. The molecule has 2 unspecified atom stereocenters. The lowest BCUT2D eigenvalue weighted by Crippen LogP contribution is -2.30. The normalized spacial score (nSPS) is 18.2. The Balaban J connectivity index is 1.63. The van der Waals surface area contributed by atoms with Gasteiger partial charge in [0.1, 0.15) is 0 Å². The first-order valence-corrected chi connectivity index (χ1v) is 10.6. The number of nitrogens with one attached hydrogen (secondary N) is 1. The van der Waals surface area contributed by atoms with Gasteiger partial charge in [-0.15, -0.1) is 0 Å². The smallest absolute Gasteiger partial charge is 0.170 e. The van der Waals surface area contributed by atoms with Crippen LogP contribution in [0.4, 0.5) is 0 Å². The maximum Gasteiger partial charge on any atom is 0.170 e. The first-order chi connectivity index (χ1) is 15.2. The van der Waals surface area contributed by atoms with Crippen LogP contribution in [0.5, 0.6) is 0 Å². The number of hydrogen-bond acceptors (Lipinski definition) is 4. The summed E-state index contributed by atoms with van der Waals surface area (Å²) in [6, 6.07) is 20.1. The van der Waals surface area contributed by atoms with Crippen LogP contribution in [0.3, 0.4) is 0 Å². The van der Waals surface area contributed by atoms with Crippen LogP contribution >= 0.6 is 12.2 Å². The minimum Gasteiger partial charge on any atom is -0.352 e. The van der Waals surface area contributed by atoms with Crippen LogP contribution in [-0.4, -0.2) is 29.5 Å². The van der Waals surface area contributed by atoms with Crippen LogP contribution < -0.4 is 5.32 Å². The fourth-order valence-corrected chi connectivity index (χ4v) is 4.50. The molecule has 5 heterocycles. The zero-order valence-corrected chi connectivity index (χ0v) is 17.9. The average molecular weight is 427 g/mol. The fraction of sp³-hybridized carbons (Fsp3) is 0.167. The maximum atomic E-state index is 5.80. The lowest BCUT2D eigenvalue weighted by Gasteiger charge is -2.29. The molecule has 1 aliphatic heterocycles. The molecule has 1 fully saturated rings. The van der Waals surface area contributed by atoms with Crippen molar-refractivity contribution in [3.05, 3.63) is 108 Å². The summed E-state index contributed by atoms with van der Waals surface area (Å²) in [6.07, 6.45) is 7.31. The molecule has 1 saturated heterocycles. The minimum atomic E-state index is -0.0814. The molecule has 0 radical (unpaired) electrons. The lowest BCUT2D eigenvalue weighted by molar-refractivity contribution is 0.299. The second-order valence-electron chi connectivity index (χ2n) is 7.52. The number of aryl methyl sites for hydroxylation is 1. The molecule has 1 aliphatic rings. The Hall–Kier alpha value is -3.58. The average Bonchev–Trinajstić information content (AvgIpc) is 3.35. The Bertz CT molecular complexity index is 1180. The van der Waals surface area contributed by atoms with Gasteiger partial charge in [0, 0.05) is 30.0 Å². The number of thiocarbonyl (C=S) groups is 1. The van der Waals surface area contributed by atoms with Crippen molar-refractivity contribution in [2.24, 2.45) is 0 Å². The van der Waals surface area contributed by atoms with Crippen LogP contribution in [0.1, 0.15) is 34.9 Å². The van der Waals surface area contributed by atoms with E-state index in [1.165, 1.54) is 0 Å². The van der Waals surface area contributed by atoms with E-state index in [1.807, 2.05) is 61.1 Å². The Morgan fingerprint density at radius 1 is 0.935 bits per heavy atom. The van der Waals surface area contributed by atoms with Crippen LogP contribution in [-0.2, 0) is 6.54 Å². The zero-order valence-electron chi connectivity index (χ0n) is 17.1. The molecule has 2 atom stereocenters. The van der Waals surface area contributed by atoms with Gasteiger partial charge < -0.3 is 14.8 Å². The van der Waals surface area contributed by atoms with E-state index < -0.39 is 0 Å². The van der Waals surface area contributed by atoms with Crippen molar-refractivity contribution in [3.8, 4) is 5.69 Å². The highest BCUT2D eigenvalue weighted by molar-refractivity contribution is 7.80. The molecule has 154 valence electrons. The highest BCUT2D eigenvalue weighted by Gasteiger charge is 2.41. The van der Waals surface area contributed by atoms with E-state index in [2.05, 4.69) is 54.9 Å². The Labute approximate surface area is 186 Å². The molecule has 0 aliphatic carbocycles. The van der Waals surface area contributed by atoms with Crippen molar-refractivity contribution in [2.75, 3.05) is 0 Å². The molecule has 0 bridgehead atoms. The largest absolute Gasteiger partial charge is 0.352 e. The van der Waals surface area contributed by atoms with E-state index in [0.717, 1.165) is 28.5 Å². The fourth-order valence-electron chi connectivity index (χ4n) is 4.19. The predicted octanol–water partition coefficient (Wildman–Crippen LogP) is 4.14. The topological polar surface area (TPSA) is 58.9 Å². The monoisotopic (exact) mass is 426 g/mol. The Morgan fingerprint density at radius 2 is 1.77 bits per heavy atom. The Kier molecular flexibility index (Phi) is 5.18. The molecule has 0 amide bonds. The van der Waals surface area contributed by atoms with Crippen molar-refractivity contribution >= 4 is 17.3 Å². The minimum absolute atomic E-state index is 0.0571. The van der Waals surface area contributed by atoms with Gasteiger partial charge in [-0.25, -0.2) is 0 Å². The molecule has 1 N–H and O–H groups in total. The van der Waals surface area contributed by atoms with E-state index >= 15 is 0 Å². The highest BCUT2D eigenvalue weighted by Crippen LogP contribution is 2.40. The van der Waals surface area contributed by atoms with Gasteiger partial charge in [-0.3, -0.25) is 15.0 Å². The predicted molar refractivity (Wildman–Crippen MR) is 124 cm³/mol. The molecule has 5 rings (SSSR count). The SMILES string of the molecule is Cc1ccc(C2C(c3ccccn3)NC(=S)N2Cc2ccccn2)n1-c1cccnc1. The van der Waals surface area contributed by atoms with E-state index in [9.17, 15) is 0 Å². The van der Waals surface area contributed by atoms with Crippen molar-refractivity contribution < 1.29 is 0 Å². The van der Waals surface area contributed by atoms with E-state index in [1.54, 1.807) is 6.20 Å². The van der Waals surface area contributed by atoms with Crippen LogP contribution in [0, 0.1) is 6.92 Å². The van der Waals surface area contributed by atoms with E-state index in [0.29, 0.717) is 11.7 Å². The van der Waals surface area contributed by atoms with Gasteiger partial charge >= 0.3 is 0 Å². The summed E-state index contributed by atoms with van der Waals surface area (Å²) in [6.45, 7) is 2.72. The number of rotatable bonds is 5. The van der Waals surface area contributed by atoms with Crippen molar-refractivity contribution in [1.82, 2.24) is 29.7 Å². The van der Waals surface area contributed by atoms with Gasteiger partial charge in [-0.1, -0.05) is 12.1 Å². The summed E-state index contributed by atoms with van der Waals surface area (Å²) in [4.78, 5) is 15.7. The van der Waals surface area contributed by atoms with E-state index in [4.69, 9.17) is 12.2 Å². The van der Waals surface area contributed by atoms with Crippen molar-refractivity contribution in [3.63, 3.8) is 0 Å². The zero-order chi connectivity index (χ0) is 21.2. The molecule has 4 aromatic rings.